The first kappa shape index (κ1) is 18.3. The number of amides is 1. The van der Waals surface area contributed by atoms with E-state index >= 15 is 0 Å². The molecule has 28 heavy (non-hydrogen) atoms. The van der Waals surface area contributed by atoms with Gasteiger partial charge in [-0.05, 0) is 50.5 Å². The fourth-order valence-corrected chi connectivity index (χ4v) is 7.50. The third-order valence-corrected chi connectivity index (χ3v) is 9.03. The molecule has 1 atom stereocenters. The summed E-state index contributed by atoms with van der Waals surface area (Å²) < 4.78 is 25.2. The van der Waals surface area contributed by atoms with Crippen molar-refractivity contribution in [3.63, 3.8) is 0 Å². The molecule has 150 valence electrons. The van der Waals surface area contributed by atoms with E-state index in [-0.39, 0.29) is 41.6 Å². The standard InChI is InChI=1S/C19H23N3O4S2/c23-16(22(12-5-6-12)13-7-8-28(25,26)10-13)9-21-11-20-18-17(19(21)24)14-3-1-2-4-15(14)27-18/h11-13H,1-10H2/t13-/m0/s1. The molecule has 0 unspecified atom stereocenters. The lowest BCUT2D eigenvalue weighted by Crippen LogP contribution is -2.45. The summed E-state index contributed by atoms with van der Waals surface area (Å²) in [5.41, 5.74) is 0.971. The Hall–Kier alpha value is -1.74. The van der Waals surface area contributed by atoms with Gasteiger partial charge in [0.05, 0.1) is 23.2 Å². The fourth-order valence-electron chi connectivity index (χ4n) is 4.57. The molecule has 7 nitrogen and oxygen atoms in total. The van der Waals surface area contributed by atoms with Gasteiger partial charge in [-0.25, -0.2) is 13.4 Å². The van der Waals surface area contributed by atoms with Crippen LogP contribution in [0.5, 0.6) is 0 Å². The number of aromatic nitrogens is 2. The predicted molar refractivity (Wildman–Crippen MR) is 107 cm³/mol. The van der Waals surface area contributed by atoms with E-state index in [0.29, 0.717) is 11.8 Å². The van der Waals surface area contributed by atoms with Crippen LogP contribution < -0.4 is 5.56 Å². The molecule has 1 saturated heterocycles. The summed E-state index contributed by atoms with van der Waals surface area (Å²) >= 11 is 1.60. The normalized spacial score (nSPS) is 23.6. The maximum atomic E-state index is 13.1. The monoisotopic (exact) mass is 421 g/mol. The first-order valence-electron chi connectivity index (χ1n) is 9.94. The molecule has 0 N–H and O–H groups in total. The molecule has 0 radical (unpaired) electrons. The van der Waals surface area contributed by atoms with Gasteiger partial charge in [0, 0.05) is 17.0 Å². The van der Waals surface area contributed by atoms with Crippen molar-refractivity contribution in [3.8, 4) is 0 Å². The molecule has 2 aliphatic carbocycles. The van der Waals surface area contributed by atoms with E-state index in [2.05, 4.69) is 4.98 Å². The number of hydrogen-bond acceptors (Lipinski definition) is 6. The molecule has 9 heteroatoms. The van der Waals surface area contributed by atoms with Gasteiger partial charge in [0.1, 0.15) is 11.4 Å². The largest absolute Gasteiger partial charge is 0.334 e. The lowest BCUT2D eigenvalue weighted by atomic mass is 9.97. The number of nitrogens with zero attached hydrogens (tertiary/aromatic N) is 3. The van der Waals surface area contributed by atoms with Gasteiger partial charge in [-0.3, -0.25) is 14.2 Å². The minimum absolute atomic E-state index is 0.0411. The molecule has 3 heterocycles. The topological polar surface area (TPSA) is 89.3 Å². The molecule has 0 bridgehead atoms. The zero-order valence-corrected chi connectivity index (χ0v) is 17.2. The lowest BCUT2D eigenvalue weighted by Gasteiger charge is -2.28. The van der Waals surface area contributed by atoms with Crippen LogP contribution in [0.2, 0.25) is 0 Å². The Morgan fingerprint density at radius 1 is 1.21 bits per heavy atom. The maximum absolute atomic E-state index is 13.1. The first-order chi connectivity index (χ1) is 13.4. The highest BCUT2D eigenvalue weighted by atomic mass is 32.2. The fraction of sp³-hybridized carbons (Fsp3) is 0.632. The number of thiophene rings is 1. The molecule has 3 aliphatic rings. The molecule has 5 rings (SSSR count). The van der Waals surface area contributed by atoms with E-state index in [4.69, 9.17) is 0 Å². The van der Waals surface area contributed by atoms with Crippen molar-refractivity contribution < 1.29 is 13.2 Å². The zero-order chi connectivity index (χ0) is 19.5. The van der Waals surface area contributed by atoms with Crippen LogP contribution >= 0.6 is 11.3 Å². The van der Waals surface area contributed by atoms with Gasteiger partial charge in [-0.15, -0.1) is 11.3 Å². The summed E-state index contributed by atoms with van der Waals surface area (Å²) in [6, 6.07) is -0.140. The maximum Gasteiger partial charge on any atom is 0.262 e. The molecule has 1 saturated carbocycles. The van der Waals surface area contributed by atoms with Gasteiger partial charge in [0.2, 0.25) is 5.91 Å². The Morgan fingerprint density at radius 3 is 2.71 bits per heavy atom. The van der Waals surface area contributed by atoms with E-state index < -0.39 is 9.84 Å². The van der Waals surface area contributed by atoms with Crippen molar-refractivity contribution in [2.24, 2.45) is 0 Å². The molecular formula is C19H23N3O4S2. The highest BCUT2D eigenvalue weighted by Gasteiger charge is 2.42. The summed E-state index contributed by atoms with van der Waals surface area (Å²) in [6.45, 7) is -0.0700. The molecule has 0 spiro atoms. The third-order valence-electron chi connectivity index (χ3n) is 6.08. The smallest absolute Gasteiger partial charge is 0.262 e. The van der Waals surface area contributed by atoms with E-state index in [1.165, 1.54) is 15.8 Å². The second-order valence-electron chi connectivity index (χ2n) is 8.16. The predicted octanol–water partition coefficient (Wildman–Crippen LogP) is 1.51. The van der Waals surface area contributed by atoms with Gasteiger partial charge >= 0.3 is 0 Å². The van der Waals surface area contributed by atoms with Crippen molar-refractivity contribution in [1.29, 1.82) is 0 Å². The molecule has 2 fully saturated rings. The van der Waals surface area contributed by atoms with Gasteiger partial charge in [0.15, 0.2) is 9.84 Å². The lowest BCUT2D eigenvalue weighted by molar-refractivity contribution is -0.134. The van der Waals surface area contributed by atoms with Crippen LogP contribution in [0.4, 0.5) is 0 Å². The summed E-state index contributed by atoms with van der Waals surface area (Å²) in [7, 11) is -3.07. The van der Waals surface area contributed by atoms with Crippen LogP contribution in [-0.4, -0.2) is 52.4 Å². The Morgan fingerprint density at radius 2 is 2.00 bits per heavy atom. The van der Waals surface area contributed by atoms with Crippen molar-refractivity contribution >= 4 is 37.3 Å². The SMILES string of the molecule is O=C(Cn1cnc2sc3c(c2c1=O)CCCC3)N(C1CC1)[C@H]1CCS(=O)(=O)C1. The number of hydrogen-bond donors (Lipinski definition) is 0. The highest BCUT2D eigenvalue weighted by molar-refractivity contribution is 7.91. The van der Waals surface area contributed by atoms with Crippen LogP contribution in [0.1, 0.15) is 42.5 Å². The average molecular weight is 422 g/mol. The molecule has 0 aromatic carbocycles. The van der Waals surface area contributed by atoms with E-state index in [1.54, 1.807) is 16.2 Å². The van der Waals surface area contributed by atoms with E-state index in [1.807, 2.05) is 0 Å². The molecule has 2 aromatic heterocycles. The number of fused-ring (bicyclic) bond motifs is 3. The van der Waals surface area contributed by atoms with E-state index in [0.717, 1.165) is 48.9 Å². The zero-order valence-electron chi connectivity index (χ0n) is 15.6. The minimum atomic E-state index is -3.07. The third kappa shape index (κ3) is 3.18. The van der Waals surface area contributed by atoms with Gasteiger partial charge < -0.3 is 4.90 Å². The van der Waals surface area contributed by atoms with Crippen LogP contribution in [-0.2, 0) is 34.0 Å². The molecular weight excluding hydrogens is 398 g/mol. The average Bonchev–Trinajstić information content (AvgIpc) is 3.31. The minimum Gasteiger partial charge on any atom is -0.334 e. The van der Waals surface area contributed by atoms with Gasteiger partial charge in [-0.1, -0.05) is 0 Å². The number of sulfone groups is 1. The van der Waals surface area contributed by atoms with Crippen LogP contribution in [0.3, 0.4) is 0 Å². The summed E-state index contributed by atoms with van der Waals surface area (Å²) in [5, 5.41) is 0.677. The summed E-state index contributed by atoms with van der Waals surface area (Å²) in [6.07, 6.45) is 7.92. The number of carbonyl (C=O) groups excluding carboxylic acids is 1. The van der Waals surface area contributed by atoms with Gasteiger partial charge in [0.25, 0.3) is 5.56 Å². The van der Waals surface area contributed by atoms with Crippen molar-refractivity contribution in [2.45, 2.75) is 63.6 Å². The highest BCUT2D eigenvalue weighted by Crippen LogP contribution is 2.34. The Labute approximate surface area is 167 Å². The Bertz CT molecular complexity index is 1110. The second kappa shape index (κ2) is 6.66. The molecule has 1 aliphatic heterocycles. The molecule has 2 aromatic rings. The Balaban J connectivity index is 1.45. The van der Waals surface area contributed by atoms with Crippen molar-refractivity contribution in [2.75, 3.05) is 11.5 Å². The number of rotatable bonds is 4. The van der Waals surface area contributed by atoms with Crippen LogP contribution in [0.25, 0.3) is 10.2 Å². The quantitative estimate of drug-likeness (QED) is 0.747. The van der Waals surface area contributed by atoms with Gasteiger partial charge in [-0.2, -0.15) is 0 Å². The van der Waals surface area contributed by atoms with Crippen molar-refractivity contribution in [3.05, 3.63) is 27.1 Å². The van der Waals surface area contributed by atoms with Crippen LogP contribution in [0.15, 0.2) is 11.1 Å². The number of carbonyl (C=O) groups is 1. The summed E-state index contributed by atoms with van der Waals surface area (Å²) in [5.74, 6) is 0.0132. The number of aryl methyl sites for hydroxylation is 2. The van der Waals surface area contributed by atoms with Crippen LogP contribution in [0, 0.1) is 0 Å². The van der Waals surface area contributed by atoms with Crippen molar-refractivity contribution in [1.82, 2.24) is 14.5 Å². The first-order valence-corrected chi connectivity index (χ1v) is 12.6. The van der Waals surface area contributed by atoms with E-state index in [9.17, 15) is 18.0 Å². The molecule has 1 amide bonds. The second-order valence-corrected chi connectivity index (χ2v) is 11.5. The Kier molecular flexibility index (Phi) is 4.35. The summed E-state index contributed by atoms with van der Waals surface area (Å²) in [4.78, 5) is 34.4.